The minimum Gasteiger partial charge on any atom is -0.480 e. The van der Waals surface area contributed by atoms with Crippen molar-refractivity contribution >= 4 is 16.9 Å². The second kappa shape index (κ2) is 6.93. The molecule has 1 heterocycles. The van der Waals surface area contributed by atoms with Crippen LogP contribution in [-0.4, -0.2) is 28.2 Å². The van der Waals surface area contributed by atoms with Gasteiger partial charge in [-0.05, 0) is 68.8 Å². The molecule has 0 saturated heterocycles. The molecule has 0 unspecified atom stereocenters. The molecule has 5 heteroatoms. The van der Waals surface area contributed by atoms with Crippen LogP contribution in [0, 0.1) is 12.7 Å². The molecule has 0 aliphatic heterocycles. The molecular weight excluding hydrogens is 307 g/mol. The first kappa shape index (κ1) is 17.0. The molecule has 1 aliphatic rings. The number of hydrogen-bond donors (Lipinski definition) is 2. The Morgan fingerprint density at radius 1 is 1.33 bits per heavy atom. The van der Waals surface area contributed by atoms with Crippen LogP contribution in [0.1, 0.15) is 49.8 Å². The van der Waals surface area contributed by atoms with E-state index in [4.69, 9.17) is 0 Å². The van der Waals surface area contributed by atoms with Gasteiger partial charge in [-0.15, -0.1) is 0 Å². The molecule has 0 spiro atoms. The molecule has 24 heavy (non-hydrogen) atoms. The molecular formula is C19H25FN2O2. The highest BCUT2D eigenvalue weighted by molar-refractivity contribution is 5.87. The molecule has 3 rings (SSSR count). The van der Waals surface area contributed by atoms with Crippen molar-refractivity contribution in [2.45, 2.75) is 58.0 Å². The third-order valence-corrected chi connectivity index (χ3v) is 5.26. The van der Waals surface area contributed by atoms with Gasteiger partial charge in [0.15, 0.2) is 0 Å². The number of rotatable bonds is 5. The lowest BCUT2D eigenvalue weighted by molar-refractivity contribution is -0.137. The van der Waals surface area contributed by atoms with E-state index in [-0.39, 0.29) is 12.4 Å². The third-order valence-electron chi connectivity index (χ3n) is 5.26. The van der Waals surface area contributed by atoms with E-state index in [2.05, 4.69) is 12.2 Å². The van der Waals surface area contributed by atoms with Crippen molar-refractivity contribution in [3.8, 4) is 0 Å². The van der Waals surface area contributed by atoms with E-state index in [1.807, 2.05) is 11.5 Å². The predicted octanol–water partition coefficient (Wildman–Crippen LogP) is 3.81. The van der Waals surface area contributed by atoms with Crippen LogP contribution in [0.25, 0.3) is 10.9 Å². The number of aliphatic carboxylic acids is 1. The smallest absolute Gasteiger partial charge is 0.323 e. The van der Waals surface area contributed by atoms with Crippen molar-refractivity contribution in [3.63, 3.8) is 0 Å². The molecule has 0 atom stereocenters. The van der Waals surface area contributed by atoms with E-state index in [0.717, 1.165) is 54.4 Å². The Balaban J connectivity index is 1.99. The maximum atomic E-state index is 13.8. The van der Waals surface area contributed by atoms with E-state index < -0.39 is 5.97 Å². The van der Waals surface area contributed by atoms with E-state index >= 15 is 0 Å². The maximum Gasteiger partial charge on any atom is 0.323 e. The lowest BCUT2D eigenvalue weighted by Crippen LogP contribution is -2.32. The highest BCUT2D eigenvalue weighted by Gasteiger charge is 2.27. The van der Waals surface area contributed by atoms with E-state index in [1.165, 1.54) is 6.07 Å². The summed E-state index contributed by atoms with van der Waals surface area (Å²) in [6.07, 6.45) is 4.33. The molecule has 0 amide bonds. The Morgan fingerprint density at radius 3 is 2.67 bits per heavy atom. The first-order valence-corrected chi connectivity index (χ1v) is 8.74. The largest absolute Gasteiger partial charge is 0.480 e. The normalized spacial score (nSPS) is 21.3. The van der Waals surface area contributed by atoms with Gasteiger partial charge in [0, 0.05) is 22.6 Å². The molecule has 4 nitrogen and oxygen atoms in total. The van der Waals surface area contributed by atoms with Crippen LogP contribution in [0.2, 0.25) is 0 Å². The fraction of sp³-hybridized carbons (Fsp3) is 0.526. The fourth-order valence-electron chi connectivity index (χ4n) is 4.21. The van der Waals surface area contributed by atoms with Crippen LogP contribution in [0.15, 0.2) is 18.2 Å². The van der Waals surface area contributed by atoms with Crippen LogP contribution in [0.3, 0.4) is 0 Å². The minimum atomic E-state index is -0.873. The zero-order chi connectivity index (χ0) is 17.3. The molecule has 1 aromatic heterocycles. The van der Waals surface area contributed by atoms with Gasteiger partial charge in [0.25, 0.3) is 0 Å². The number of carbonyl (C=O) groups is 1. The Hall–Kier alpha value is -1.88. The van der Waals surface area contributed by atoms with Crippen molar-refractivity contribution in [2.75, 3.05) is 6.54 Å². The number of hydrogen-bond acceptors (Lipinski definition) is 2. The molecule has 2 aromatic rings. The van der Waals surface area contributed by atoms with Crippen LogP contribution in [-0.2, 0) is 11.3 Å². The van der Waals surface area contributed by atoms with Crippen molar-refractivity contribution < 1.29 is 14.3 Å². The lowest BCUT2D eigenvalue weighted by Gasteiger charge is -2.29. The Kier molecular flexibility index (Phi) is 4.90. The van der Waals surface area contributed by atoms with E-state index in [9.17, 15) is 14.3 Å². The average Bonchev–Trinajstić information content (AvgIpc) is 2.80. The number of fused-ring (bicyclic) bond motifs is 1. The molecule has 1 fully saturated rings. The number of halogens is 1. The van der Waals surface area contributed by atoms with Gasteiger partial charge in [0.05, 0.1) is 0 Å². The molecule has 1 saturated carbocycles. The highest BCUT2D eigenvalue weighted by atomic mass is 19.1. The second-order valence-corrected chi connectivity index (χ2v) is 6.75. The summed E-state index contributed by atoms with van der Waals surface area (Å²) < 4.78 is 15.6. The number of carboxylic acid groups (broad SMARTS) is 1. The van der Waals surface area contributed by atoms with Gasteiger partial charge in [-0.3, -0.25) is 4.79 Å². The van der Waals surface area contributed by atoms with Gasteiger partial charge in [-0.2, -0.15) is 0 Å². The van der Waals surface area contributed by atoms with E-state index in [0.29, 0.717) is 12.0 Å². The molecule has 0 bridgehead atoms. The number of carboxylic acids is 1. The van der Waals surface area contributed by atoms with Gasteiger partial charge in [-0.1, -0.05) is 6.92 Å². The number of benzene rings is 1. The highest BCUT2D eigenvalue weighted by Crippen LogP contribution is 2.40. The molecule has 130 valence electrons. The summed E-state index contributed by atoms with van der Waals surface area (Å²) in [4.78, 5) is 11.2. The zero-order valence-electron chi connectivity index (χ0n) is 14.3. The van der Waals surface area contributed by atoms with Crippen molar-refractivity contribution in [2.24, 2.45) is 0 Å². The SMILES string of the molecule is CCNC1CCC(c2c(C)n(CC(=O)O)c3ccc(F)cc23)CC1. The van der Waals surface area contributed by atoms with Crippen molar-refractivity contribution in [1.29, 1.82) is 0 Å². The Morgan fingerprint density at radius 2 is 2.04 bits per heavy atom. The summed E-state index contributed by atoms with van der Waals surface area (Å²) in [6, 6.07) is 5.24. The molecule has 1 aliphatic carbocycles. The predicted molar refractivity (Wildman–Crippen MR) is 92.9 cm³/mol. The molecule has 0 radical (unpaired) electrons. The standard InChI is InChI=1S/C19H25FN2O2/c1-3-21-15-7-4-13(5-8-15)19-12(2)22(11-18(23)24)17-9-6-14(20)10-16(17)19/h6,9-10,13,15,21H,3-5,7-8,11H2,1-2H3,(H,23,24). The van der Waals surface area contributed by atoms with Crippen molar-refractivity contribution in [3.05, 3.63) is 35.3 Å². The lowest BCUT2D eigenvalue weighted by atomic mass is 9.80. The first-order valence-electron chi connectivity index (χ1n) is 8.74. The monoisotopic (exact) mass is 332 g/mol. The molecule has 2 N–H and O–H groups in total. The maximum absolute atomic E-state index is 13.8. The Bertz CT molecular complexity index is 745. The number of nitrogens with zero attached hydrogens (tertiary/aromatic N) is 1. The summed E-state index contributed by atoms with van der Waals surface area (Å²) in [5.41, 5.74) is 2.92. The topological polar surface area (TPSA) is 54.3 Å². The summed E-state index contributed by atoms with van der Waals surface area (Å²) in [5, 5.41) is 13.6. The minimum absolute atomic E-state index is 0.0826. The van der Waals surface area contributed by atoms with Crippen molar-refractivity contribution in [1.82, 2.24) is 9.88 Å². The van der Waals surface area contributed by atoms with E-state index in [1.54, 1.807) is 12.1 Å². The summed E-state index contributed by atoms with van der Waals surface area (Å²) in [5.74, 6) is -0.765. The van der Waals surface area contributed by atoms with Crippen LogP contribution in [0.5, 0.6) is 0 Å². The number of aromatic nitrogens is 1. The summed E-state index contributed by atoms with van der Waals surface area (Å²) >= 11 is 0. The van der Waals surface area contributed by atoms with Gasteiger partial charge in [0.1, 0.15) is 12.4 Å². The van der Waals surface area contributed by atoms with Crippen LogP contribution >= 0.6 is 0 Å². The zero-order valence-corrected chi connectivity index (χ0v) is 14.3. The van der Waals surface area contributed by atoms with Gasteiger partial charge >= 0.3 is 5.97 Å². The van der Waals surface area contributed by atoms with Gasteiger partial charge in [-0.25, -0.2) is 4.39 Å². The fourth-order valence-corrected chi connectivity index (χ4v) is 4.21. The Labute approximate surface area is 141 Å². The van der Waals surface area contributed by atoms with Crippen LogP contribution < -0.4 is 5.32 Å². The second-order valence-electron chi connectivity index (χ2n) is 6.75. The number of nitrogens with one attached hydrogen (secondary N) is 1. The average molecular weight is 332 g/mol. The van der Waals surface area contributed by atoms with Gasteiger partial charge < -0.3 is 15.0 Å². The van der Waals surface area contributed by atoms with Crippen LogP contribution in [0.4, 0.5) is 4.39 Å². The third kappa shape index (κ3) is 3.18. The summed E-state index contributed by atoms with van der Waals surface area (Å²) in [7, 11) is 0. The van der Waals surface area contributed by atoms with Gasteiger partial charge in [0.2, 0.25) is 0 Å². The molecule has 1 aromatic carbocycles. The quantitative estimate of drug-likeness (QED) is 0.875. The summed E-state index contributed by atoms with van der Waals surface area (Å²) in [6.45, 7) is 4.99. The first-order chi connectivity index (χ1) is 11.5.